The molecule has 1 aliphatic carbocycles. The first-order valence-corrected chi connectivity index (χ1v) is 4.51. The number of aromatic nitrogens is 1. The lowest BCUT2D eigenvalue weighted by Gasteiger charge is -1.94. The summed E-state index contributed by atoms with van der Waals surface area (Å²) >= 11 is 0. The number of carbonyl (C=O) groups excluding carboxylic acids is 1. The summed E-state index contributed by atoms with van der Waals surface area (Å²) in [4.78, 5) is 11.5. The van der Waals surface area contributed by atoms with Crippen molar-refractivity contribution in [3.8, 4) is 0 Å². The van der Waals surface area contributed by atoms with Gasteiger partial charge in [0.15, 0.2) is 5.78 Å². The summed E-state index contributed by atoms with van der Waals surface area (Å²) in [5.74, 6) is 0.680. The summed E-state index contributed by atoms with van der Waals surface area (Å²) in [5.41, 5.74) is 0.888. The lowest BCUT2D eigenvalue weighted by atomic mass is 10.1. The van der Waals surface area contributed by atoms with Crippen LogP contribution in [0.4, 0.5) is 0 Å². The molecule has 0 aliphatic heterocycles. The molecule has 2 heteroatoms. The van der Waals surface area contributed by atoms with Crippen LogP contribution in [0.3, 0.4) is 0 Å². The van der Waals surface area contributed by atoms with Crippen molar-refractivity contribution in [1.29, 1.82) is 0 Å². The van der Waals surface area contributed by atoms with Crippen molar-refractivity contribution in [2.45, 2.75) is 26.3 Å². The van der Waals surface area contributed by atoms with E-state index >= 15 is 0 Å². The van der Waals surface area contributed by atoms with E-state index in [-0.39, 0.29) is 0 Å². The van der Waals surface area contributed by atoms with Gasteiger partial charge in [0, 0.05) is 30.4 Å². The van der Waals surface area contributed by atoms with Crippen molar-refractivity contribution in [2.24, 2.45) is 5.92 Å². The van der Waals surface area contributed by atoms with E-state index in [2.05, 4.69) is 6.92 Å². The summed E-state index contributed by atoms with van der Waals surface area (Å²) in [6, 6.07) is 1.92. The van der Waals surface area contributed by atoms with Gasteiger partial charge >= 0.3 is 0 Å². The highest BCUT2D eigenvalue weighted by Gasteiger charge is 2.30. The van der Waals surface area contributed by atoms with Crippen LogP contribution in [0, 0.1) is 5.92 Å². The van der Waals surface area contributed by atoms with E-state index in [1.807, 2.05) is 23.0 Å². The molecule has 0 radical (unpaired) electrons. The predicted octanol–water partition coefficient (Wildman–Crippen LogP) is 2.10. The van der Waals surface area contributed by atoms with Gasteiger partial charge in [-0.15, -0.1) is 0 Å². The van der Waals surface area contributed by atoms with Crippen LogP contribution in [0.2, 0.25) is 0 Å². The molecule has 0 amide bonds. The first kappa shape index (κ1) is 7.59. The summed E-state index contributed by atoms with van der Waals surface area (Å²) in [6.45, 7) is 3.02. The van der Waals surface area contributed by atoms with Gasteiger partial charge in [-0.25, -0.2) is 0 Å². The zero-order chi connectivity index (χ0) is 8.55. The molecule has 2 nitrogen and oxygen atoms in total. The number of aryl methyl sites for hydroxylation is 1. The molecule has 2 rings (SSSR count). The standard InChI is InChI=1S/C10H13NO/c1-2-11-6-5-9(7-11)10(12)8-3-4-8/h5-8H,2-4H2,1H3. The zero-order valence-electron chi connectivity index (χ0n) is 7.29. The Balaban J connectivity index is 2.16. The van der Waals surface area contributed by atoms with Crippen LogP contribution in [0.15, 0.2) is 18.5 Å². The maximum Gasteiger partial charge on any atom is 0.167 e. The zero-order valence-corrected chi connectivity index (χ0v) is 7.29. The molecule has 0 spiro atoms. The normalized spacial score (nSPS) is 16.4. The smallest absolute Gasteiger partial charge is 0.167 e. The Morgan fingerprint density at radius 1 is 1.67 bits per heavy atom. The second kappa shape index (κ2) is 2.77. The van der Waals surface area contributed by atoms with Crippen molar-refractivity contribution < 1.29 is 4.79 Å². The van der Waals surface area contributed by atoms with E-state index in [1.54, 1.807) is 0 Å². The predicted molar refractivity (Wildman–Crippen MR) is 47.2 cm³/mol. The SMILES string of the molecule is CCn1ccc(C(=O)C2CC2)c1. The molecule has 1 saturated carbocycles. The largest absolute Gasteiger partial charge is 0.354 e. The minimum atomic E-state index is 0.335. The first-order chi connectivity index (χ1) is 5.81. The van der Waals surface area contributed by atoms with E-state index < -0.39 is 0 Å². The van der Waals surface area contributed by atoms with Crippen LogP contribution in [0.25, 0.3) is 0 Å². The molecule has 1 heterocycles. The third-order valence-electron chi connectivity index (χ3n) is 2.35. The van der Waals surface area contributed by atoms with Gasteiger partial charge in [-0.05, 0) is 25.8 Å². The van der Waals surface area contributed by atoms with Gasteiger partial charge in [0.2, 0.25) is 0 Å². The average molecular weight is 163 g/mol. The number of nitrogens with zero attached hydrogens (tertiary/aromatic N) is 1. The number of hydrogen-bond acceptors (Lipinski definition) is 1. The molecule has 0 aromatic carbocycles. The Morgan fingerprint density at radius 3 is 2.92 bits per heavy atom. The van der Waals surface area contributed by atoms with Gasteiger partial charge in [0.25, 0.3) is 0 Å². The summed E-state index contributed by atoms with van der Waals surface area (Å²) in [7, 11) is 0. The Kier molecular flexibility index (Phi) is 1.75. The number of carbonyl (C=O) groups is 1. The van der Waals surface area contributed by atoms with Crippen LogP contribution in [-0.4, -0.2) is 10.4 Å². The Labute approximate surface area is 72.2 Å². The number of Topliss-reactive ketones (excluding diaryl/α,β-unsaturated/α-hetero) is 1. The Hall–Kier alpha value is -1.05. The summed E-state index contributed by atoms with van der Waals surface area (Å²) in [6.07, 6.45) is 6.10. The fourth-order valence-corrected chi connectivity index (χ4v) is 1.36. The van der Waals surface area contributed by atoms with E-state index in [0.29, 0.717) is 11.7 Å². The quantitative estimate of drug-likeness (QED) is 0.625. The highest BCUT2D eigenvalue weighted by Crippen LogP contribution is 2.32. The molecular formula is C10H13NO. The molecule has 0 atom stereocenters. The van der Waals surface area contributed by atoms with Crippen molar-refractivity contribution in [2.75, 3.05) is 0 Å². The van der Waals surface area contributed by atoms with E-state index in [9.17, 15) is 4.79 Å². The third-order valence-corrected chi connectivity index (χ3v) is 2.35. The van der Waals surface area contributed by atoms with Crippen LogP contribution < -0.4 is 0 Å². The maximum atomic E-state index is 11.5. The molecule has 1 fully saturated rings. The molecule has 0 N–H and O–H groups in total. The van der Waals surface area contributed by atoms with Crippen LogP contribution in [-0.2, 0) is 6.54 Å². The van der Waals surface area contributed by atoms with Crippen LogP contribution >= 0.6 is 0 Å². The molecule has 12 heavy (non-hydrogen) atoms. The number of hydrogen-bond donors (Lipinski definition) is 0. The lowest BCUT2D eigenvalue weighted by Crippen LogP contribution is -1.99. The Morgan fingerprint density at radius 2 is 2.42 bits per heavy atom. The summed E-state index contributed by atoms with van der Waals surface area (Å²) < 4.78 is 2.04. The monoisotopic (exact) mass is 163 g/mol. The van der Waals surface area contributed by atoms with Crippen molar-refractivity contribution in [1.82, 2.24) is 4.57 Å². The molecule has 0 bridgehead atoms. The maximum absolute atomic E-state index is 11.5. The van der Waals surface area contributed by atoms with E-state index in [4.69, 9.17) is 0 Å². The molecule has 1 aliphatic rings. The second-order valence-electron chi connectivity index (χ2n) is 3.37. The molecule has 64 valence electrons. The number of ketones is 1. The summed E-state index contributed by atoms with van der Waals surface area (Å²) in [5, 5.41) is 0. The van der Waals surface area contributed by atoms with Gasteiger partial charge in [-0.2, -0.15) is 0 Å². The van der Waals surface area contributed by atoms with Gasteiger partial charge < -0.3 is 4.57 Å². The van der Waals surface area contributed by atoms with Gasteiger partial charge in [-0.3, -0.25) is 4.79 Å². The molecule has 1 aromatic heterocycles. The van der Waals surface area contributed by atoms with Gasteiger partial charge in [-0.1, -0.05) is 0 Å². The molecule has 0 saturated heterocycles. The Bertz CT molecular complexity index is 297. The number of rotatable bonds is 3. The lowest BCUT2D eigenvalue weighted by molar-refractivity contribution is 0.0967. The molecular weight excluding hydrogens is 150 g/mol. The molecule has 0 unspecified atom stereocenters. The van der Waals surface area contributed by atoms with Crippen molar-refractivity contribution in [3.05, 3.63) is 24.0 Å². The molecule has 1 aromatic rings. The first-order valence-electron chi connectivity index (χ1n) is 4.51. The third kappa shape index (κ3) is 1.29. The average Bonchev–Trinajstić information content (AvgIpc) is 2.82. The van der Waals surface area contributed by atoms with Crippen LogP contribution in [0.1, 0.15) is 30.1 Å². The highest BCUT2D eigenvalue weighted by atomic mass is 16.1. The highest BCUT2D eigenvalue weighted by molar-refractivity contribution is 5.99. The van der Waals surface area contributed by atoms with E-state index in [1.165, 1.54) is 0 Å². The van der Waals surface area contributed by atoms with Crippen molar-refractivity contribution >= 4 is 5.78 Å². The minimum Gasteiger partial charge on any atom is -0.354 e. The topological polar surface area (TPSA) is 22.0 Å². The fraction of sp³-hybridized carbons (Fsp3) is 0.500. The van der Waals surface area contributed by atoms with Gasteiger partial charge in [0.05, 0.1) is 0 Å². The fourth-order valence-electron chi connectivity index (χ4n) is 1.36. The minimum absolute atomic E-state index is 0.335. The van der Waals surface area contributed by atoms with Gasteiger partial charge in [0.1, 0.15) is 0 Å². The van der Waals surface area contributed by atoms with E-state index in [0.717, 1.165) is 24.9 Å². The van der Waals surface area contributed by atoms with Crippen molar-refractivity contribution in [3.63, 3.8) is 0 Å². The second-order valence-corrected chi connectivity index (χ2v) is 3.37. The van der Waals surface area contributed by atoms with Crippen LogP contribution in [0.5, 0.6) is 0 Å².